The smallest absolute Gasteiger partial charge is 0.223 e. The topological polar surface area (TPSA) is 77.0 Å². The fourth-order valence-corrected chi connectivity index (χ4v) is 3.24. The maximum atomic E-state index is 8.93. The molecule has 130 valence electrons. The van der Waals surface area contributed by atoms with E-state index in [0.717, 1.165) is 16.1 Å². The van der Waals surface area contributed by atoms with Crippen molar-refractivity contribution in [1.82, 2.24) is 3.96 Å². The highest BCUT2D eigenvalue weighted by Gasteiger charge is 2.09. The van der Waals surface area contributed by atoms with Gasteiger partial charge in [0.25, 0.3) is 0 Å². The maximum absolute atomic E-state index is 8.93. The van der Waals surface area contributed by atoms with Crippen molar-refractivity contribution in [2.45, 2.75) is 13.8 Å². The van der Waals surface area contributed by atoms with Crippen molar-refractivity contribution in [2.75, 3.05) is 5.32 Å². The predicted molar refractivity (Wildman–Crippen MR) is 106 cm³/mol. The van der Waals surface area contributed by atoms with Crippen molar-refractivity contribution in [3.63, 3.8) is 0 Å². The molecule has 0 spiro atoms. The lowest BCUT2D eigenvalue weighted by Crippen LogP contribution is -2.28. The van der Waals surface area contributed by atoms with Gasteiger partial charge >= 0.3 is 0 Å². The molecule has 5 nitrogen and oxygen atoms in total. The van der Waals surface area contributed by atoms with Crippen LogP contribution >= 0.6 is 23.1 Å². The van der Waals surface area contributed by atoms with Gasteiger partial charge in [0.05, 0.1) is 17.3 Å². The number of aliphatic imine (C=N–C) groups is 1. The monoisotopic (exact) mass is 381 g/mol. The second-order valence-corrected chi connectivity index (χ2v) is 7.31. The molecule has 0 aliphatic rings. The lowest BCUT2D eigenvalue weighted by molar-refractivity contribution is 1.07. The highest BCUT2D eigenvalue weighted by molar-refractivity contribution is 7.07. The highest BCUT2D eigenvalue weighted by Crippen LogP contribution is 2.21. The summed E-state index contributed by atoms with van der Waals surface area (Å²) in [6, 6.07) is 16.5. The zero-order chi connectivity index (χ0) is 18.7. The summed E-state index contributed by atoms with van der Waals surface area (Å²) >= 11 is 7.65. The van der Waals surface area contributed by atoms with E-state index in [1.807, 2.05) is 32.0 Å². The Kier molecular flexibility index (Phi) is 5.21. The molecule has 0 aliphatic heterocycles. The first-order valence-corrected chi connectivity index (χ1v) is 8.98. The standard InChI is InChI=1S/C19H16ClN5S/c1-12-3-6-16(10-17(12)20)24-19(25-18(22)9-13(2)26-25)23-15-7-4-14(11-21)5-8-15/h3-10,22H,1-2H3,(H,23,24). The molecule has 3 aromatic rings. The van der Waals surface area contributed by atoms with Crippen LogP contribution in [-0.2, 0) is 0 Å². The van der Waals surface area contributed by atoms with E-state index in [9.17, 15) is 0 Å². The number of aryl methyl sites for hydroxylation is 2. The summed E-state index contributed by atoms with van der Waals surface area (Å²) in [5.41, 5.74) is 3.37. The van der Waals surface area contributed by atoms with Crippen molar-refractivity contribution in [2.24, 2.45) is 4.99 Å². The van der Waals surface area contributed by atoms with Crippen LogP contribution in [0, 0.1) is 30.6 Å². The molecule has 7 heteroatoms. The molecule has 1 aromatic heterocycles. The van der Waals surface area contributed by atoms with Crippen LogP contribution in [0.4, 0.5) is 11.4 Å². The Bertz CT molecular complexity index is 1070. The van der Waals surface area contributed by atoms with Gasteiger partial charge in [0.2, 0.25) is 5.96 Å². The predicted octanol–water partition coefficient (Wildman–Crippen LogP) is 4.82. The average molecular weight is 382 g/mol. The minimum atomic E-state index is 0.339. The molecule has 0 atom stereocenters. The number of nitrogens with zero attached hydrogens (tertiary/aromatic N) is 3. The summed E-state index contributed by atoms with van der Waals surface area (Å²) in [5, 5.41) is 21.0. The quantitative estimate of drug-likeness (QED) is 0.493. The van der Waals surface area contributed by atoms with Gasteiger partial charge < -0.3 is 5.32 Å². The number of benzene rings is 2. The van der Waals surface area contributed by atoms with E-state index in [0.29, 0.717) is 27.7 Å². The number of hydrogen-bond acceptors (Lipinski definition) is 4. The number of rotatable bonds is 2. The maximum Gasteiger partial charge on any atom is 0.223 e. The van der Waals surface area contributed by atoms with Crippen LogP contribution in [0.2, 0.25) is 5.02 Å². The number of nitriles is 1. The minimum absolute atomic E-state index is 0.339. The van der Waals surface area contributed by atoms with Gasteiger partial charge in [-0.25, -0.2) is 8.95 Å². The van der Waals surface area contributed by atoms with Crippen molar-refractivity contribution in [3.05, 3.63) is 75.0 Å². The third-order valence-corrected chi connectivity index (χ3v) is 5.01. The number of nitrogens with one attached hydrogen (secondary N) is 2. The van der Waals surface area contributed by atoms with Crippen LogP contribution in [0.1, 0.15) is 16.0 Å². The van der Waals surface area contributed by atoms with Crippen LogP contribution in [-0.4, -0.2) is 9.92 Å². The van der Waals surface area contributed by atoms with E-state index < -0.39 is 0 Å². The molecule has 1 heterocycles. The number of halogens is 1. The van der Waals surface area contributed by atoms with E-state index in [1.165, 1.54) is 11.5 Å². The summed E-state index contributed by atoms with van der Waals surface area (Å²) in [6.45, 7) is 3.89. The summed E-state index contributed by atoms with van der Waals surface area (Å²) < 4.78 is 1.71. The molecular weight excluding hydrogens is 366 g/mol. The lowest BCUT2D eigenvalue weighted by Gasteiger charge is -2.11. The summed E-state index contributed by atoms with van der Waals surface area (Å²) in [5.74, 6) is 0.498. The van der Waals surface area contributed by atoms with E-state index in [-0.39, 0.29) is 0 Å². The molecule has 0 unspecified atom stereocenters. The first-order valence-electron chi connectivity index (χ1n) is 7.83. The highest BCUT2D eigenvalue weighted by atomic mass is 35.5. The molecule has 0 saturated heterocycles. The Morgan fingerprint density at radius 3 is 2.50 bits per heavy atom. The molecule has 0 saturated carbocycles. The summed E-state index contributed by atoms with van der Waals surface area (Å²) in [6.07, 6.45) is 0. The third-order valence-electron chi connectivity index (χ3n) is 3.65. The average Bonchev–Trinajstić information content (AvgIpc) is 2.96. The van der Waals surface area contributed by atoms with Crippen LogP contribution in [0.15, 0.2) is 53.5 Å². The van der Waals surface area contributed by atoms with Crippen LogP contribution in [0.3, 0.4) is 0 Å². The van der Waals surface area contributed by atoms with Crippen LogP contribution < -0.4 is 10.8 Å². The van der Waals surface area contributed by atoms with Gasteiger partial charge in [-0.2, -0.15) is 5.26 Å². The van der Waals surface area contributed by atoms with E-state index in [1.54, 1.807) is 34.3 Å². The molecule has 3 rings (SSSR count). The Labute approximate surface area is 160 Å². The Morgan fingerprint density at radius 2 is 1.92 bits per heavy atom. The Hall–Kier alpha value is -2.88. The molecule has 2 N–H and O–H groups in total. The van der Waals surface area contributed by atoms with Gasteiger partial charge in [-0.3, -0.25) is 5.41 Å². The molecule has 0 radical (unpaired) electrons. The number of anilines is 1. The third kappa shape index (κ3) is 4.02. The normalized spacial score (nSPS) is 11.2. The first-order chi connectivity index (χ1) is 12.5. The van der Waals surface area contributed by atoms with Gasteiger partial charge in [-0.15, -0.1) is 0 Å². The number of hydrogen-bond donors (Lipinski definition) is 2. The van der Waals surface area contributed by atoms with Crippen molar-refractivity contribution in [1.29, 1.82) is 10.7 Å². The zero-order valence-corrected chi connectivity index (χ0v) is 15.8. The first kappa shape index (κ1) is 17.9. The fourth-order valence-electron chi connectivity index (χ4n) is 2.28. The van der Waals surface area contributed by atoms with E-state index in [2.05, 4.69) is 16.4 Å². The molecular formula is C19H16ClN5S. The summed E-state index contributed by atoms with van der Waals surface area (Å²) in [4.78, 5) is 5.64. The van der Waals surface area contributed by atoms with Gasteiger partial charge in [-0.1, -0.05) is 29.2 Å². The van der Waals surface area contributed by atoms with Gasteiger partial charge in [0.1, 0.15) is 5.49 Å². The molecule has 2 aromatic carbocycles. The second-order valence-electron chi connectivity index (χ2n) is 5.71. The van der Waals surface area contributed by atoms with Crippen molar-refractivity contribution >= 4 is 40.5 Å². The molecule has 0 bridgehead atoms. The number of aromatic nitrogens is 1. The van der Waals surface area contributed by atoms with Crippen LogP contribution in [0.25, 0.3) is 0 Å². The lowest BCUT2D eigenvalue weighted by atomic mass is 10.2. The molecule has 0 fully saturated rings. The van der Waals surface area contributed by atoms with Gasteiger partial charge in [0.15, 0.2) is 0 Å². The SMILES string of the molecule is Cc1cc(=N)n(C(=Nc2ccc(C#N)cc2)Nc2ccc(C)c(Cl)c2)s1. The molecule has 0 amide bonds. The van der Waals surface area contributed by atoms with Gasteiger partial charge in [0, 0.05) is 15.6 Å². The molecule has 0 aliphatic carbocycles. The van der Waals surface area contributed by atoms with E-state index >= 15 is 0 Å². The Balaban J connectivity index is 2.05. The van der Waals surface area contributed by atoms with Gasteiger partial charge in [-0.05, 0) is 61.9 Å². The van der Waals surface area contributed by atoms with Crippen molar-refractivity contribution in [3.8, 4) is 6.07 Å². The second kappa shape index (κ2) is 7.56. The van der Waals surface area contributed by atoms with E-state index in [4.69, 9.17) is 22.3 Å². The van der Waals surface area contributed by atoms with Crippen molar-refractivity contribution < 1.29 is 0 Å². The largest absolute Gasteiger partial charge is 0.325 e. The zero-order valence-electron chi connectivity index (χ0n) is 14.2. The summed E-state index contributed by atoms with van der Waals surface area (Å²) in [7, 11) is 0. The fraction of sp³-hybridized carbons (Fsp3) is 0.105. The Morgan fingerprint density at radius 1 is 1.19 bits per heavy atom. The molecule has 26 heavy (non-hydrogen) atoms. The van der Waals surface area contributed by atoms with Crippen LogP contribution in [0.5, 0.6) is 0 Å². The minimum Gasteiger partial charge on any atom is -0.325 e.